The smallest absolute Gasteiger partial charge is 0.188 e. The summed E-state index contributed by atoms with van der Waals surface area (Å²) in [4.78, 5) is 5.15. The van der Waals surface area contributed by atoms with Crippen molar-refractivity contribution in [2.24, 2.45) is 0 Å². The van der Waals surface area contributed by atoms with Crippen LogP contribution in [-0.4, -0.2) is 16.2 Å². The molecule has 3 aliphatic rings. The normalized spacial score (nSPS) is 17.9. The molecule has 5 heterocycles. The summed E-state index contributed by atoms with van der Waals surface area (Å²) in [5, 5.41) is 2.34. The van der Waals surface area contributed by atoms with Crippen LogP contribution in [0.4, 0.5) is 22.7 Å². The Morgan fingerprint density at radius 2 is 1.11 bits per heavy atom. The van der Waals surface area contributed by atoms with E-state index in [1.807, 2.05) is 6.20 Å². The molecule has 2 atom stereocenters. The number of quaternary nitrogens is 2. The van der Waals surface area contributed by atoms with Gasteiger partial charge in [-0.05, 0) is 110 Å². The average molecular weight is 934 g/mol. The molecule has 0 saturated carbocycles. The van der Waals surface area contributed by atoms with Crippen LogP contribution < -0.4 is 13.7 Å². The second-order valence-electron chi connectivity index (χ2n) is 24.6. The van der Waals surface area contributed by atoms with Gasteiger partial charge in [-0.3, -0.25) is 13.5 Å². The molecule has 71 heavy (non-hydrogen) atoms. The van der Waals surface area contributed by atoms with Gasteiger partial charge in [-0.25, -0.2) is 4.98 Å². The second-order valence-corrected chi connectivity index (χ2v) is 24.6. The van der Waals surface area contributed by atoms with Crippen LogP contribution >= 0.6 is 0 Å². The van der Waals surface area contributed by atoms with E-state index >= 15 is 0 Å². The fourth-order valence-corrected chi connectivity index (χ4v) is 11.2. The van der Waals surface area contributed by atoms with Gasteiger partial charge in [-0.1, -0.05) is 168 Å². The Hall–Kier alpha value is -6.79. The number of ether oxygens (including phenoxy) is 1. The third-order valence-corrected chi connectivity index (χ3v) is 15.4. The van der Waals surface area contributed by atoms with Gasteiger partial charge in [-0.15, -0.1) is 0 Å². The number of para-hydroxylation sites is 2. The number of aryl methyl sites for hydroxylation is 1. The number of fused-ring (bicyclic) bond motifs is 3. The van der Waals surface area contributed by atoms with Crippen molar-refractivity contribution >= 4 is 44.6 Å². The van der Waals surface area contributed by atoms with Crippen molar-refractivity contribution < 1.29 is 4.74 Å². The number of benzene rings is 7. The maximum atomic E-state index is 6.95. The summed E-state index contributed by atoms with van der Waals surface area (Å²) in [6.45, 7) is 33.3. The number of rotatable bonds is 7. The third kappa shape index (κ3) is 7.80. The molecule has 2 bridgehead atoms. The van der Waals surface area contributed by atoms with Crippen molar-refractivity contribution in [3.63, 3.8) is 0 Å². The Morgan fingerprint density at radius 3 is 1.79 bits per heavy atom. The van der Waals surface area contributed by atoms with Crippen molar-refractivity contribution in [2.75, 3.05) is 6.67 Å². The molecule has 0 unspecified atom stereocenters. The predicted molar refractivity (Wildman–Crippen MR) is 300 cm³/mol. The zero-order valence-electron chi connectivity index (χ0n) is 44.1. The molecule has 5 heteroatoms. The Kier molecular flexibility index (Phi) is 10.6. The summed E-state index contributed by atoms with van der Waals surface area (Å²) >= 11 is 0. The molecule has 12 rings (SSSR count). The second kappa shape index (κ2) is 16.1. The largest absolute Gasteiger partial charge is 0.457 e. The quantitative estimate of drug-likeness (QED) is 0.118. The Balaban J connectivity index is 0.995. The van der Waals surface area contributed by atoms with Crippen LogP contribution in [0.25, 0.3) is 49.9 Å². The highest BCUT2D eigenvalue weighted by Gasteiger charge is 2.64. The molecule has 0 amide bonds. The lowest BCUT2D eigenvalue weighted by molar-refractivity contribution is 0.187. The zero-order valence-corrected chi connectivity index (χ0v) is 44.1. The molecule has 0 radical (unpaired) electrons. The summed E-state index contributed by atoms with van der Waals surface area (Å²) in [5.74, 6) is 2.46. The van der Waals surface area contributed by atoms with Crippen molar-refractivity contribution in [1.29, 1.82) is 0 Å². The van der Waals surface area contributed by atoms with Crippen LogP contribution in [0.1, 0.15) is 111 Å². The van der Waals surface area contributed by atoms with Crippen molar-refractivity contribution in [2.45, 2.75) is 112 Å². The van der Waals surface area contributed by atoms with Crippen molar-refractivity contribution in [3.05, 3.63) is 198 Å². The number of nitrogens with zero attached hydrogens (tertiary/aromatic N) is 4. The van der Waals surface area contributed by atoms with Gasteiger partial charge in [0.25, 0.3) is 0 Å². The minimum absolute atomic E-state index is 0.0171. The van der Waals surface area contributed by atoms with E-state index in [1.165, 1.54) is 72.6 Å². The van der Waals surface area contributed by atoms with Gasteiger partial charge < -0.3 is 4.74 Å². The first-order chi connectivity index (χ1) is 33.5. The van der Waals surface area contributed by atoms with E-state index in [0.717, 1.165) is 46.0 Å². The summed E-state index contributed by atoms with van der Waals surface area (Å²) in [6, 6.07) is 58.7. The molecule has 1 saturated heterocycles. The fraction of sp³-hybridized carbons (Fsp3) is 0.273. The SMILES string of the molecule is Cc1cc(-n2c3ccccc3c3ccc(Oc4cccc([N@@+]56[CH-][N@@+](c7cc(C(C)(C)C)cc(C(C)(C)C)c7)(C5)c5c(-c7cccc(C(C)(C)C)c7)cccc56)c4)cc32)ncc1-c1ccc(C(C)(C)C)cc1. The zero-order chi connectivity index (χ0) is 50.0. The van der Waals surface area contributed by atoms with Crippen LogP contribution in [0, 0.1) is 13.6 Å². The van der Waals surface area contributed by atoms with Crippen LogP contribution in [0.5, 0.6) is 11.5 Å². The lowest BCUT2D eigenvalue weighted by Crippen LogP contribution is -2.67. The van der Waals surface area contributed by atoms with E-state index in [2.05, 4.69) is 259 Å². The molecule has 1 fully saturated rings. The molecule has 2 aromatic heterocycles. The van der Waals surface area contributed by atoms with E-state index < -0.39 is 0 Å². The van der Waals surface area contributed by atoms with E-state index in [1.54, 1.807) is 0 Å². The highest BCUT2D eigenvalue weighted by molar-refractivity contribution is 6.09. The maximum absolute atomic E-state index is 6.95. The van der Waals surface area contributed by atoms with E-state index in [9.17, 15) is 0 Å². The average Bonchev–Trinajstić information content (AvgIpc) is 3.92. The first-order valence-electron chi connectivity index (χ1n) is 25.5. The number of aromatic nitrogens is 2. The first kappa shape index (κ1) is 46.6. The predicted octanol–water partition coefficient (Wildman–Crippen LogP) is 18.2. The number of hydrogen-bond acceptors (Lipinski definition) is 2. The maximum Gasteiger partial charge on any atom is 0.188 e. The summed E-state index contributed by atoms with van der Waals surface area (Å²) in [5.41, 5.74) is 18.8. The molecule has 358 valence electrons. The Morgan fingerprint density at radius 1 is 0.479 bits per heavy atom. The molecule has 3 aliphatic heterocycles. The highest BCUT2D eigenvalue weighted by Crippen LogP contribution is 2.68. The van der Waals surface area contributed by atoms with E-state index in [0.29, 0.717) is 8.97 Å². The van der Waals surface area contributed by atoms with Gasteiger partial charge in [0, 0.05) is 58.4 Å². The number of pyridine rings is 1. The molecule has 9 aromatic rings. The van der Waals surface area contributed by atoms with E-state index in [-0.39, 0.29) is 21.7 Å². The van der Waals surface area contributed by atoms with Crippen molar-refractivity contribution in [1.82, 2.24) is 18.5 Å². The van der Waals surface area contributed by atoms with Crippen LogP contribution in [0.3, 0.4) is 0 Å². The lowest BCUT2D eigenvalue weighted by atomic mass is 9.80. The minimum Gasteiger partial charge on any atom is -0.457 e. The monoisotopic (exact) mass is 934 g/mol. The summed E-state index contributed by atoms with van der Waals surface area (Å²) < 4.78 is 10.5. The van der Waals surface area contributed by atoms with Gasteiger partial charge in [0.15, 0.2) is 18.0 Å². The molecule has 0 aliphatic carbocycles. The molecule has 0 N–H and O–H groups in total. The van der Waals surface area contributed by atoms with E-state index in [4.69, 9.17) is 9.72 Å². The van der Waals surface area contributed by atoms with Gasteiger partial charge in [0.05, 0.1) is 17.7 Å². The van der Waals surface area contributed by atoms with Crippen LogP contribution in [0.2, 0.25) is 0 Å². The fourth-order valence-electron chi connectivity index (χ4n) is 11.2. The molecule has 5 nitrogen and oxygen atoms in total. The topological polar surface area (TPSA) is 27.1 Å². The molecule has 0 spiro atoms. The van der Waals surface area contributed by atoms with Crippen molar-refractivity contribution in [3.8, 4) is 39.6 Å². The van der Waals surface area contributed by atoms with Gasteiger partial charge in [-0.2, -0.15) is 0 Å². The van der Waals surface area contributed by atoms with Crippen LogP contribution in [0.15, 0.2) is 164 Å². The Labute approximate surface area is 422 Å². The first-order valence-corrected chi connectivity index (χ1v) is 25.5. The molecular weight excluding hydrogens is 865 g/mol. The molecular formula is C66H69N4O+. The minimum atomic E-state index is -0.0171. The Bertz CT molecular complexity index is 3530. The number of hydrogen-bond donors (Lipinski definition) is 0. The van der Waals surface area contributed by atoms with Gasteiger partial charge >= 0.3 is 0 Å². The summed E-state index contributed by atoms with van der Waals surface area (Å²) in [6.07, 6.45) is 2.03. The highest BCUT2D eigenvalue weighted by atomic mass is 16.5. The molecule has 7 aromatic carbocycles. The third-order valence-electron chi connectivity index (χ3n) is 15.4. The van der Waals surface area contributed by atoms with Crippen LogP contribution in [-0.2, 0) is 21.7 Å². The van der Waals surface area contributed by atoms with Gasteiger partial charge in [0.1, 0.15) is 28.7 Å². The summed E-state index contributed by atoms with van der Waals surface area (Å²) in [7, 11) is 0. The van der Waals surface area contributed by atoms with Gasteiger partial charge in [0.2, 0.25) is 0 Å². The standard InChI is InChI=1S/C66H69N4O/c1-43-33-61(67-40-57(43)44-27-29-46(30-28-44)63(2,3)4)68-58-25-15-14-23-55(58)56-32-31-53(39-59(56)68)71-52-22-17-21-50(38-52)69-41-70(42-69,51-36-48(65(8,9)10)35-49(37-51)66(11,12)13)62-54(24-18-26-60(62)69)45-19-16-20-47(34-45)64(5,6)7/h14-41H,42H2,1-13H3/q+1/t69-,70+/m1/s1. The lowest BCUT2D eigenvalue weighted by Gasteiger charge is -2.56.